The number of aromatic nitrogens is 1. The molecule has 1 atom stereocenters. The van der Waals surface area contributed by atoms with E-state index in [2.05, 4.69) is 4.98 Å². The van der Waals surface area contributed by atoms with Crippen molar-refractivity contribution < 1.29 is 23.8 Å². The number of pyridine rings is 1. The fourth-order valence-electron chi connectivity index (χ4n) is 1.43. The van der Waals surface area contributed by atoms with Crippen molar-refractivity contribution in [3.05, 3.63) is 47.4 Å². The molecule has 0 bridgehead atoms. The Bertz CT molecular complexity index is 648. The molecule has 1 N–H and O–H groups in total. The highest BCUT2D eigenvalue weighted by molar-refractivity contribution is 6.31. The van der Waals surface area contributed by atoms with Crippen LogP contribution in [0.25, 0.3) is 0 Å². The van der Waals surface area contributed by atoms with E-state index in [0.29, 0.717) is 11.5 Å². The third kappa shape index (κ3) is 4.06. The number of nitrogens with zero attached hydrogens (tertiary/aromatic N) is 1. The van der Waals surface area contributed by atoms with Gasteiger partial charge in [-0.2, -0.15) is 0 Å². The van der Waals surface area contributed by atoms with Gasteiger partial charge in [0, 0.05) is 0 Å². The first kappa shape index (κ1) is 15.1. The third-order valence-electron chi connectivity index (χ3n) is 2.47. The van der Waals surface area contributed by atoms with Crippen molar-refractivity contribution >= 4 is 17.6 Å². The van der Waals surface area contributed by atoms with Gasteiger partial charge in [-0.05, 0) is 37.3 Å². The predicted octanol–water partition coefficient (Wildman–Crippen LogP) is 3.52. The maximum absolute atomic E-state index is 12.9. The lowest BCUT2D eigenvalue weighted by atomic mass is 10.3. The van der Waals surface area contributed by atoms with E-state index in [0.717, 1.165) is 12.3 Å². The topological polar surface area (TPSA) is 68.7 Å². The first-order valence-corrected chi connectivity index (χ1v) is 6.32. The molecule has 0 amide bonds. The molecule has 0 aliphatic heterocycles. The summed E-state index contributed by atoms with van der Waals surface area (Å²) in [4.78, 5) is 14.4. The largest absolute Gasteiger partial charge is 0.479 e. The number of hydrogen-bond donors (Lipinski definition) is 1. The number of carboxylic acids is 1. The van der Waals surface area contributed by atoms with E-state index < -0.39 is 17.9 Å². The molecule has 1 aromatic heterocycles. The molecule has 0 aliphatic rings. The molecule has 0 fully saturated rings. The zero-order valence-corrected chi connectivity index (χ0v) is 11.7. The van der Waals surface area contributed by atoms with Crippen LogP contribution in [-0.2, 0) is 4.79 Å². The van der Waals surface area contributed by atoms with Crippen molar-refractivity contribution in [1.82, 2.24) is 4.98 Å². The van der Waals surface area contributed by atoms with Crippen LogP contribution in [0.4, 0.5) is 4.39 Å². The summed E-state index contributed by atoms with van der Waals surface area (Å²) in [5.74, 6) is -0.747. The lowest BCUT2D eigenvalue weighted by Gasteiger charge is -2.11. The Morgan fingerprint density at radius 3 is 2.52 bits per heavy atom. The zero-order valence-electron chi connectivity index (χ0n) is 10.9. The van der Waals surface area contributed by atoms with Crippen LogP contribution in [0.5, 0.6) is 17.4 Å². The minimum absolute atomic E-state index is 0.0508. The molecular formula is C14H11ClFNO4. The Hall–Kier alpha value is -2.34. The Balaban J connectivity index is 2.07. The standard InChI is InChI=1S/C14H11ClFNO4/c1-8(14(18)19)20-10-2-4-11(5-3-10)21-13-12(15)6-9(16)7-17-13/h2-8H,1H3,(H,18,19)/t8-/m1/s1. The molecule has 0 saturated carbocycles. The summed E-state index contributed by atoms with van der Waals surface area (Å²) in [6, 6.07) is 7.31. The van der Waals surface area contributed by atoms with Gasteiger partial charge >= 0.3 is 5.97 Å². The Morgan fingerprint density at radius 1 is 1.33 bits per heavy atom. The van der Waals surface area contributed by atoms with Gasteiger partial charge in [-0.1, -0.05) is 11.6 Å². The first-order valence-electron chi connectivity index (χ1n) is 5.94. The smallest absolute Gasteiger partial charge is 0.344 e. The Labute approximate surface area is 124 Å². The lowest BCUT2D eigenvalue weighted by molar-refractivity contribution is -0.144. The zero-order chi connectivity index (χ0) is 15.4. The fraction of sp³-hybridized carbons (Fsp3) is 0.143. The highest BCUT2D eigenvalue weighted by atomic mass is 35.5. The molecular weight excluding hydrogens is 301 g/mol. The number of carboxylic acid groups (broad SMARTS) is 1. The SMILES string of the molecule is C[C@@H](Oc1ccc(Oc2ncc(F)cc2Cl)cc1)C(=O)O. The van der Waals surface area contributed by atoms with Crippen molar-refractivity contribution in [2.75, 3.05) is 0 Å². The molecule has 7 heteroatoms. The fourth-order valence-corrected chi connectivity index (χ4v) is 1.62. The highest BCUT2D eigenvalue weighted by Gasteiger charge is 2.12. The van der Waals surface area contributed by atoms with Crippen LogP contribution >= 0.6 is 11.6 Å². The van der Waals surface area contributed by atoms with Crippen LogP contribution in [0, 0.1) is 5.82 Å². The number of rotatable bonds is 5. The van der Waals surface area contributed by atoms with E-state index in [9.17, 15) is 9.18 Å². The molecule has 1 heterocycles. The second-order valence-electron chi connectivity index (χ2n) is 4.11. The average molecular weight is 312 g/mol. The van der Waals surface area contributed by atoms with Crippen molar-refractivity contribution in [2.24, 2.45) is 0 Å². The summed E-state index contributed by atoms with van der Waals surface area (Å²) < 4.78 is 23.4. The molecule has 5 nitrogen and oxygen atoms in total. The average Bonchev–Trinajstić information content (AvgIpc) is 2.43. The number of carbonyl (C=O) groups is 1. The minimum Gasteiger partial charge on any atom is -0.479 e. The highest BCUT2D eigenvalue weighted by Crippen LogP contribution is 2.28. The minimum atomic E-state index is -1.06. The van der Waals surface area contributed by atoms with Gasteiger partial charge in [-0.3, -0.25) is 0 Å². The van der Waals surface area contributed by atoms with Crippen LogP contribution in [0.15, 0.2) is 36.5 Å². The summed E-state index contributed by atoms with van der Waals surface area (Å²) in [6.45, 7) is 1.43. The Morgan fingerprint density at radius 2 is 1.95 bits per heavy atom. The van der Waals surface area contributed by atoms with Gasteiger partial charge < -0.3 is 14.6 Å². The lowest BCUT2D eigenvalue weighted by Crippen LogP contribution is -2.22. The summed E-state index contributed by atoms with van der Waals surface area (Å²) in [5, 5.41) is 8.79. The number of halogens is 2. The summed E-state index contributed by atoms with van der Waals surface area (Å²) in [7, 11) is 0. The second kappa shape index (κ2) is 6.41. The third-order valence-corrected chi connectivity index (χ3v) is 2.74. The van der Waals surface area contributed by atoms with Crippen molar-refractivity contribution in [3.63, 3.8) is 0 Å². The number of hydrogen-bond acceptors (Lipinski definition) is 4. The van der Waals surface area contributed by atoms with Crippen LogP contribution in [-0.4, -0.2) is 22.2 Å². The molecule has 0 unspecified atom stereocenters. The summed E-state index contributed by atoms with van der Waals surface area (Å²) >= 11 is 5.80. The molecule has 0 spiro atoms. The normalized spacial score (nSPS) is 11.8. The summed E-state index contributed by atoms with van der Waals surface area (Å²) in [6.07, 6.45) is 0.0396. The second-order valence-corrected chi connectivity index (χ2v) is 4.52. The van der Waals surface area contributed by atoms with Gasteiger partial charge in [0.15, 0.2) is 6.10 Å². The van der Waals surface area contributed by atoms with Gasteiger partial charge in [0.25, 0.3) is 0 Å². The van der Waals surface area contributed by atoms with Gasteiger partial charge in [-0.15, -0.1) is 0 Å². The number of benzene rings is 1. The van der Waals surface area contributed by atoms with Gasteiger partial charge in [0.1, 0.15) is 22.3 Å². The first-order chi connectivity index (χ1) is 9.95. The maximum atomic E-state index is 12.9. The molecule has 0 saturated heterocycles. The monoisotopic (exact) mass is 311 g/mol. The van der Waals surface area contributed by atoms with E-state index in [1.807, 2.05) is 0 Å². The van der Waals surface area contributed by atoms with E-state index >= 15 is 0 Å². The molecule has 1 aromatic carbocycles. The quantitative estimate of drug-likeness (QED) is 0.915. The molecule has 2 rings (SSSR count). The molecule has 2 aromatic rings. The predicted molar refractivity (Wildman–Crippen MR) is 73.4 cm³/mol. The van der Waals surface area contributed by atoms with E-state index in [-0.39, 0.29) is 10.9 Å². The van der Waals surface area contributed by atoms with Gasteiger partial charge in [0.05, 0.1) is 6.20 Å². The molecule has 21 heavy (non-hydrogen) atoms. The molecule has 110 valence electrons. The van der Waals surface area contributed by atoms with Gasteiger partial charge in [0.2, 0.25) is 5.88 Å². The van der Waals surface area contributed by atoms with Crippen LogP contribution in [0.3, 0.4) is 0 Å². The van der Waals surface area contributed by atoms with Crippen LogP contribution < -0.4 is 9.47 Å². The van der Waals surface area contributed by atoms with Crippen molar-refractivity contribution in [3.8, 4) is 17.4 Å². The van der Waals surface area contributed by atoms with Crippen molar-refractivity contribution in [2.45, 2.75) is 13.0 Å². The van der Waals surface area contributed by atoms with E-state index in [1.165, 1.54) is 6.92 Å². The van der Waals surface area contributed by atoms with E-state index in [1.54, 1.807) is 24.3 Å². The summed E-state index contributed by atoms with van der Waals surface area (Å²) in [5.41, 5.74) is 0. The number of ether oxygens (including phenoxy) is 2. The van der Waals surface area contributed by atoms with Crippen LogP contribution in [0.2, 0.25) is 5.02 Å². The van der Waals surface area contributed by atoms with Crippen molar-refractivity contribution in [1.29, 1.82) is 0 Å². The van der Waals surface area contributed by atoms with Gasteiger partial charge in [-0.25, -0.2) is 14.2 Å². The molecule has 0 aliphatic carbocycles. The maximum Gasteiger partial charge on any atom is 0.344 e. The van der Waals surface area contributed by atoms with E-state index in [4.69, 9.17) is 26.2 Å². The molecule has 0 radical (unpaired) electrons. The van der Waals surface area contributed by atoms with Crippen LogP contribution in [0.1, 0.15) is 6.92 Å². The Kier molecular flexibility index (Phi) is 4.59. The number of aliphatic carboxylic acids is 1.